The maximum absolute atomic E-state index is 12.9. The van der Waals surface area contributed by atoms with Crippen LogP contribution in [0.3, 0.4) is 0 Å². The van der Waals surface area contributed by atoms with Crippen molar-refractivity contribution in [1.29, 1.82) is 0 Å². The molecule has 1 aliphatic rings. The fourth-order valence-corrected chi connectivity index (χ4v) is 5.35. The van der Waals surface area contributed by atoms with Crippen LogP contribution in [0.5, 0.6) is 0 Å². The number of halogens is 1. The van der Waals surface area contributed by atoms with Gasteiger partial charge in [-0.05, 0) is 53.6 Å². The Kier molecular flexibility index (Phi) is 4.15. The Morgan fingerprint density at radius 1 is 1.19 bits per heavy atom. The third-order valence-electron chi connectivity index (χ3n) is 4.82. The molecule has 0 saturated heterocycles. The summed E-state index contributed by atoms with van der Waals surface area (Å²) in [5, 5.41) is 2.81. The zero-order valence-corrected chi connectivity index (χ0v) is 17.5. The van der Waals surface area contributed by atoms with Crippen molar-refractivity contribution < 1.29 is 4.79 Å². The second-order valence-electron chi connectivity index (χ2n) is 6.71. The van der Waals surface area contributed by atoms with E-state index in [1.807, 2.05) is 29.6 Å². The molecule has 0 amide bonds. The van der Waals surface area contributed by atoms with Crippen molar-refractivity contribution in [2.45, 2.75) is 18.8 Å². The quantitative estimate of drug-likeness (QED) is 0.359. The second-order valence-corrected chi connectivity index (χ2v) is 9.57. The van der Waals surface area contributed by atoms with Crippen LogP contribution in [0.25, 0.3) is 21.3 Å². The molecule has 0 atom stereocenters. The molecule has 1 aromatic carbocycles. The number of aromatic nitrogens is 1. The Labute approximate surface area is 173 Å². The summed E-state index contributed by atoms with van der Waals surface area (Å²) in [4.78, 5) is 19.9. The minimum absolute atomic E-state index is 0.0137. The summed E-state index contributed by atoms with van der Waals surface area (Å²) >= 11 is 6.35. The number of rotatable bonds is 4. The van der Waals surface area contributed by atoms with Crippen LogP contribution in [-0.4, -0.2) is 10.8 Å². The number of anilines is 1. The van der Waals surface area contributed by atoms with Gasteiger partial charge in [-0.1, -0.05) is 34.1 Å². The van der Waals surface area contributed by atoms with Gasteiger partial charge in [-0.2, -0.15) is 0 Å². The van der Waals surface area contributed by atoms with Gasteiger partial charge in [-0.25, -0.2) is 4.98 Å². The Morgan fingerprint density at radius 3 is 2.63 bits per heavy atom. The Hall–Kier alpha value is -2.02. The van der Waals surface area contributed by atoms with Crippen molar-refractivity contribution in [1.82, 2.24) is 4.98 Å². The highest BCUT2D eigenvalue weighted by Crippen LogP contribution is 2.45. The van der Waals surface area contributed by atoms with E-state index >= 15 is 0 Å². The Morgan fingerprint density at radius 2 is 1.96 bits per heavy atom. The number of carbonyl (C=O) groups is 1. The SMILES string of the molecule is Nc1c(C(=O)c2cccs2)sc2nc(C3CC3)cc(-c3ccc(Br)cc3)c12. The molecule has 0 unspecified atom stereocenters. The van der Waals surface area contributed by atoms with Gasteiger partial charge in [-0.15, -0.1) is 22.7 Å². The highest BCUT2D eigenvalue weighted by atomic mass is 79.9. The third kappa shape index (κ3) is 3.02. The Balaban J connectivity index is 1.75. The molecule has 5 rings (SSSR count). The summed E-state index contributed by atoms with van der Waals surface area (Å²) < 4.78 is 1.03. The number of carbonyl (C=O) groups excluding carboxylic acids is 1. The van der Waals surface area contributed by atoms with Gasteiger partial charge in [0.25, 0.3) is 0 Å². The van der Waals surface area contributed by atoms with Crippen LogP contribution in [0.1, 0.15) is 39.0 Å². The van der Waals surface area contributed by atoms with Gasteiger partial charge in [0, 0.05) is 21.5 Å². The van der Waals surface area contributed by atoms with E-state index in [0.29, 0.717) is 21.4 Å². The molecule has 0 radical (unpaired) electrons. The van der Waals surface area contributed by atoms with E-state index in [9.17, 15) is 4.79 Å². The highest BCUT2D eigenvalue weighted by Gasteiger charge is 2.28. The number of nitrogens with zero attached hydrogens (tertiary/aromatic N) is 1. The molecular weight excluding hydrogens is 440 g/mol. The molecular formula is C21H15BrN2OS2. The molecule has 1 fully saturated rings. The topological polar surface area (TPSA) is 56.0 Å². The van der Waals surface area contributed by atoms with Gasteiger partial charge in [0.1, 0.15) is 9.71 Å². The number of pyridine rings is 1. The minimum Gasteiger partial charge on any atom is -0.397 e. The highest BCUT2D eigenvalue weighted by molar-refractivity contribution is 9.10. The summed E-state index contributed by atoms with van der Waals surface area (Å²) in [5.41, 5.74) is 10.3. The minimum atomic E-state index is -0.0137. The first-order valence-electron chi connectivity index (χ1n) is 8.69. The van der Waals surface area contributed by atoms with E-state index in [2.05, 4.69) is 34.1 Å². The summed E-state index contributed by atoms with van der Waals surface area (Å²) in [6.07, 6.45) is 2.36. The standard InChI is InChI=1S/C21H15BrN2OS2/c22-13-7-5-11(6-8-13)14-10-15(12-3-4-12)24-21-17(14)18(23)20(27-21)19(25)16-2-1-9-26-16/h1-2,5-10,12H,3-4,23H2. The lowest BCUT2D eigenvalue weighted by Crippen LogP contribution is -2.00. The maximum atomic E-state index is 12.9. The first-order chi connectivity index (χ1) is 13.1. The molecule has 0 spiro atoms. The largest absolute Gasteiger partial charge is 0.397 e. The average molecular weight is 455 g/mol. The fraction of sp³-hybridized carbons (Fsp3) is 0.143. The number of thiophene rings is 2. The third-order valence-corrected chi connectivity index (χ3v) is 7.32. The first-order valence-corrected chi connectivity index (χ1v) is 11.2. The van der Waals surface area contributed by atoms with E-state index in [0.717, 1.165) is 31.5 Å². The molecule has 3 aromatic heterocycles. The van der Waals surface area contributed by atoms with Crippen molar-refractivity contribution in [3.63, 3.8) is 0 Å². The number of nitrogens with two attached hydrogens (primary N) is 1. The number of ketones is 1. The molecule has 134 valence electrons. The monoisotopic (exact) mass is 454 g/mol. The second kappa shape index (κ2) is 6.55. The van der Waals surface area contributed by atoms with Crippen LogP contribution < -0.4 is 5.73 Å². The van der Waals surface area contributed by atoms with E-state index in [1.54, 1.807) is 0 Å². The Bertz CT molecular complexity index is 1160. The summed E-state index contributed by atoms with van der Waals surface area (Å²) in [6, 6.07) is 14.1. The summed E-state index contributed by atoms with van der Waals surface area (Å²) in [7, 11) is 0. The van der Waals surface area contributed by atoms with Gasteiger partial charge in [0.2, 0.25) is 5.78 Å². The first kappa shape index (κ1) is 17.1. The van der Waals surface area contributed by atoms with Gasteiger partial charge in [-0.3, -0.25) is 4.79 Å². The average Bonchev–Trinajstić information content (AvgIpc) is 3.28. The molecule has 1 aliphatic carbocycles. The van der Waals surface area contributed by atoms with Gasteiger partial charge < -0.3 is 5.73 Å². The van der Waals surface area contributed by atoms with Crippen LogP contribution in [0.2, 0.25) is 0 Å². The van der Waals surface area contributed by atoms with Crippen LogP contribution in [-0.2, 0) is 0 Å². The van der Waals surface area contributed by atoms with E-state index < -0.39 is 0 Å². The summed E-state index contributed by atoms with van der Waals surface area (Å²) in [5.74, 6) is 0.517. The summed E-state index contributed by atoms with van der Waals surface area (Å²) in [6.45, 7) is 0. The number of hydrogen-bond donors (Lipinski definition) is 1. The molecule has 2 N–H and O–H groups in total. The lowest BCUT2D eigenvalue weighted by atomic mass is 10.00. The maximum Gasteiger partial charge on any atom is 0.215 e. The number of hydrogen-bond acceptors (Lipinski definition) is 5. The number of nitrogen functional groups attached to an aromatic ring is 1. The molecule has 3 heterocycles. The van der Waals surface area contributed by atoms with Crippen molar-refractivity contribution in [3.05, 3.63) is 67.8 Å². The van der Waals surface area contributed by atoms with Crippen molar-refractivity contribution in [2.24, 2.45) is 0 Å². The van der Waals surface area contributed by atoms with Crippen molar-refractivity contribution in [2.75, 3.05) is 5.73 Å². The lowest BCUT2D eigenvalue weighted by Gasteiger charge is -2.08. The zero-order chi connectivity index (χ0) is 18.5. The van der Waals surface area contributed by atoms with E-state index in [4.69, 9.17) is 10.7 Å². The van der Waals surface area contributed by atoms with Crippen LogP contribution in [0.15, 0.2) is 52.3 Å². The van der Waals surface area contributed by atoms with Crippen LogP contribution in [0.4, 0.5) is 5.69 Å². The predicted molar refractivity (Wildman–Crippen MR) is 117 cm³/mol. The van der Waals surface area contributed by atoms with Crippen molar-refractivity contribution >= 4 is 60.3 Å². The van der Waals surface area contributed by atoms with Crippen LogP contribution in [0, 0.1) is 0 Å². The molecule has 6 heteroatoms. The van der Waals surface area contributed by atoms with Gasteiger partial charge in [0.05, 0.1) is 10.6 Å². The van der Waals surface area contributed by atoms with Gasteiger partial charge >= 0.3 is 0 Å². The van der Waals surface area contributed by atoms with E-state index in [-0.39, 0.29) is 5.78 Å². The molecule has 0 aliphatic heterocycles. The molecule has 3 nitrogen and oxygen atoms in total. The van der Waals surface area contributed by atoms with Crippen molar-refractivity contribution in [3.8, 4) is 11.1 Å². The predicted octanol–water partition coefficient (Wildman–Crippen LogP) is 6.48. The van der Waals surface area contributed by atoms with Crippen LogP contribution >= 0.6 is 38.6 Å². The molecule has 1 saturated carbocycles. The molecule has 27 heavy (non-hydrogen) atoms. The number of benzene rings is 1. The molecule has 4 aromatic rings. The number of fused-ring (bicyclic) bond motifs is 1. The smallest absolute Gasteiger partial charge is 0.215 e. The molecule has 0 bridgehead atoms. The van der Waals surface area contributed by atoms with E-state index in [1.165, 1.54) is 35.5 Å². The lowest BCUT2D eigenvalue weighted by molar-refractivity contribution is 0.104. The fourth-order valence-electron chi connectivity index (χ4n) is 3.27. The van der Waals surface area contributed by atoms with Gasteiger partial charge in [0.15, 0.2) is 0 Å². The zero-order valence-electron chi connectivity index (χ0n) is 14.2. The normalized spacial score (nSPS) is 14.0.